The molecule has 0 radical (unpaired) electrons. The minimum absolute atomic E-state index is 0.00698. The van der Waals surface area contributed by atoms with Crippen molar-refractivity contribution in [1.29, 1.82) is 0 Å². The second-order valence-corrected chi connectivity index (χ2v) is 7.13. The number of nitrogens with zero attached hydrogens (tertiary/aromatic N) is 1. The molecule has 1 aliphatic heterocycles. The summed E-state index contributed by atoms with van der Waals surface area (Å²) in [6.45, 7) is 0.195. The van der Waals surface area contributed by atoms with Gasteiger partial charge in [0.15, 0.2) is 0 Å². The molecule has 0 aromatic heterocycles. The molecule has 0 unspecified atom stereocenters. The van der Waals surface area contributed by atoms with E-state index in [1.807, 2.05) is 0 Å². The Morgan fingerprint density at radius 3 is 2.61 bits per heavy atom. The lowest BCUT2D eigenvalue weighted by atomic mass is 10.1. The van der Waals surface area contributed by atoms with E-state index in [9.17, 15) is 29.1 Å². The number of benzene rings is 1. The van der Waals surface area contributed by atoms with Crippen molar-refractivity contribution < 1.29 is 33.8 Å². The van der Waals surface area contributed by atoms with Gasteiger partial charge in [-0.3, -0.25) is 19.2 Å². The molecule has 0 saturated carbocycles. The highest BCUT2D eigenvalue weighted by molar-refractivity contribution is 5.99. The molecule has 0 saturated heterocycles. The van der Waals surface area contributed by atoms with E-state index in [2.05, 4.69) is 10.6 Å². The molecule has 1 aromatic rings. The molecule has 0 aliphatic carbocycles. The normalized spacial score (nSPS) is 20.9. The highest BCUT2D eigenvalue weighted by Crippen LogP contribution is 2.18. The predicted molar refractivity (Wildman–Crippen MR) is 108 cm³/mol. The first-order valence-corrected chi connectivity index (χ1v) is 9.77. The molecule has 4 amide bonds. The summed E-state index contributed by atoms with van der Waals surface area (Å²) in [7, 11) is 1.52. The number of hydrogen-bond acceptors (Lipinski definition) is 6. The van der Waals surface area contributed by atoms with Crippen molar-refractivity contribution >= 4 is 29.6 Å². The number of carboxylic acid groups (broad SMARTS) is 1. The summed E-state index contributed by atoms with van der Waals surface area (Å²) >= 11 is 0. The Balaban J connectivity index is 2.29. The molecule has 5 N–H and O–H groups in total. The Morgan fingerprint density at radius 2 is 1.94 bits per heavy atom. The van der Waals surface area contributed by atoms with Gasteiger partial charge in [0.1, 0.15) is 24.4 Å². The van der Waals surface area contributed by atoms with Crippen molar-refractivity contribution in [3.8, 4) is 5.75 Å². The van der Waals surface area contributed by atoms with Crippen molar-refractivity contribution in [3.05, 3.63) is 29.8 Å². The van der Waals surface area contributed by atoms with Crippen molar-refractivity contribution in [1.82, 2.24) is 15.5 Å². The van der Waals surface area contributed by atoms with Crippen LogP contribution in [0.2, 0.25) is 0 Å². The Labute approximate surface area is 178 Å². The van der Waals surface area contributed by atoms with E-state index in [4.69, 9.17) is 10.5 Å². The van der Waals surface area contributed by atoms with E-state index < -0.39 is 41.7 Å². The maximum absolute atomic E-state index is 12.8. The average molecular weight is 434 g/mol. The summed E-state index contributed by atoms with van der Waals surface area (Å²) in [5.74, 6) is -3.35. The van der Waals surface area contributed by atoms with Gasteiger partial charge in [-0.25, -0.2) is 4.79 Å². The zero-order chi connectivity index (χ0) is 23.0. The first-order valence-electron chi connectivity index (χ1n) is 9.77. The number of amides is 4. The number of carbonyl (C=O) groups is 5. The molecule has 1 aliphatic rings. The maximum atomic E-state index is 12.8. The van der Waals surface area contributed by atoms with Crippen LogP contribution in [0.1, 0.15) is 36.0 Å². The Bertz CT molecular complexity index is 858. The summed E-state index contributed by atoms with van der Waals surface area (Å²) in [5, 5.41) is 14.3. The Kier molecular flexibility index (Phi) is 8.35. The number of fused-ring (bicyclic) bond motifs is 1. The molecule has 0 bridgehead atoms. The van der Waals surface area contributed by atoms with E-state index >= 15 is 0 Å². The zero-order valence-corrected chi connectivity index (χ0v) is 17.1. The lowest BCUT2D eigenvalue weighted by Gasteiger charge is -2.24. The molecule has 0 spiro atoms. The molecule has 0 fully saturated rings. The quantitative estimate of drug-likeness (QED) is 0.483. The molecule has 2 atom stereocenters. The first kappa shape index (κ1) is 23.6. The number of nitrogens with one attached hydrogen (secondary N) is 2. The lowest BCUT2D eigenvalue weighted by Crippen LogP contribution is -2.49. The predicted octanol–water partition coefficient (Wildman–Crippen LogP) is -0.749. The van der Waals surface area contributed by atoms with Gasteiger partial charge in [0.05, 0.1) is 12.1 Å². The fourth-order valence-corrected chi connectivity index (χ4v) is 3.03. The van der Waals surface area contributed by atoms with E-state index in [0.29, 0.717) is 0 Å². The summed E-state index contributed by atoms with van der Waals surface area (Å²) in [6, 6.07) is 4.00. The van der Waals surface area contributed by atoms with E-state index in [1.165, 1.54) is 18.0 Å². The molecule has 11 nitrogen and oxygen atoms in total. The SMILES string of the molecule is CN1CCOc2ccccc2C(=O)N[C@H](C(=O)O)CCC(=O)N[C@@H](CCC(N)=O)C1=O. The molecular weight excluding hydrogens is 408 g/mol. The van der Waals surface area contributed by atoms with Gasteiger partial charge in [-0.1, -0.05) is 12.1 Å². The Morgan fingerprint density at radius 1 is 1.23 bits per heavy atom. The molecule has 11 heteroatoms. The van der Waals surface area contributed by atoms with Gasteiger partial charge in [-0.15, -0.1) is 0 Å². The lowest BCUT2D eigenvalue weighted by molar-refractivity contribution is -0.140. The van der Waals surface area contributed by atoms with E-state index in [1.54, 1.807) is 18.2 Å². The third-order valence-electron chi connectivity index (χ3n) is 4.77. The number of para-hydroxylation sites is 1. The largest absolute Gasteiger partial charge is 0.491 e. The van der Waals surface area contributed by atoms with Crippen LogP contribution in [0.5, 0.6) is 5.75 Å². The second kappa shape index (κ2) is 11.0. The van der Waals surface area contributed by atoms with Gasteiger partial charge in [0.2, 0.25) is 17.7 Å². The number of hydrogen-bond donors (Lipinski definition) is 4. The number of carbonyl (C=O) groups excluding carboxylic acids is 4. The minimum Gasteiger partial charge on any atom is -0.491 e. The molecule has 1 heterocycles. The molecule has 168 valence electrons. The number of ether oxygens (including phenoxy) is 1. The van der Waals surface area contributed by atoms with Gasteiger partial charge >= 0.3 is 5.97 Å². The number of nitrogens with two attached hydrogens (primary N) is 1. The first-order chi connectivity index (χ1) is 14.7. The number of carboxylic acids is 1. The number of primary amides is 1. The fraction of sp³-hybridized carbons (Fsp3) is 0.450. The van der Waals surface area contributed by atoms with E-state index in [-0.39, 0.29) is 50.1 Å². The third-order valence-corrected chi connectivity index (χ3v) is 4.77. The summed E-state index contributed by atoms with van der Waals surface area (Å²) < 4.78 is 5.64. The molecule has 1 aromatic carbocycles. The van der Waals surface area contributed by atoms with Gasteiger partial charge in [-0.05, 0) is 25.0 Å². The summed E-state index contributed by atoms with van der Waals surface area (Å²) in [6.07, 6.45) is -0.544. The van der Waals surface area contributed by atoms with Gasteiger partial charge in [0.25, 0.3) is 5.91 Å². The van der Waals surface area contributed by atoms with Gasteiger partial charge in [0, 0.05) is 19.9 Å². The fourth-order valence-electron chi connectivity index (χ4n) is 3.03. The standard InChI is InChI=1S/C20H26N4O7/c1-24-10-11-31-15-5-3-2-4-12(15)18(27)23-14(20(29)30)7-9-17(26)22-13(19(24)28)6-8-16(21)25/h2-5,13-14H,6-11H2,1H3,(H2,21,25)(H,22,26)(H,23,27)(H,29,30)/t13-,14-/m0/s1. The topological polar surface area (TPSA) is 168 Å². The van der Waals surface area contributed by atoms with Crippen LogP contribution < -0.4 is 21.1 Å². The van der Waals surface area contributed by atoms with Crippen LogP contribution in [0.4, 0.5) is 0 Å². The monoisotopic (exact) mass is 434 g/mol. The molecule has 2 rings (SSSR count). The van der Waals surface area contributed by atoms with Crippen LogP contribution in [-0.2, 0) is 19.2 Å². The zero-order valence-electron chi connectivity index (χ0n) is 17.1. The minimum atomic E-state index is -1.32. The molecular formula is C20H26N4O7. The van der Waals surface area contributed by atoms with Crippen molar-refractivity contribution in [2.75, 3.05) is 20.2 Å². The number of rotatable bonds is 4. The molecule has 31 heavy (non-hydrogen) atoms. The Hall–Kier alpha value is -3.63. The highest BCUT2D eigenvalue weighted by Gasteiger charge is 2.27. The van der Waals surface area contributed by atoms with E-state index in [0.717, 1.165) is 0 Å². The van der Waals surface area contributed by atoms with Crippen LogP contribution in [-0.4, -0.2) is 71.9 Å². The van der Waals surface area contributed by atoms with Gasteiger partial charge < -0.3 is 31.1 Å². The summed E-state index contributed by atoms with van der Waals surface area (Å²) in [5.41, 5.74) is 5.30. The van der Waals surface area contributed by atoms with Crippen molar-refractivity contribution in [3.63, 3.8) is 0 Å². The van der Waals surface area contributed by atoms with Crippen LogP contribution >= 0.6 is 0 Å². The smallest absolute Gasteiger partial charge is 0.326 e. The van der Waals surface area contributed by atoms with Crippen LogP contribution in [0, 0.1) is 0 Å². The third kappa shape index (κ3) is 6.98. The maximum Gasteiger partial charge on any atom is 0.326 e. The van der Waals surface area contributed by atoms with Crippen LogP contribution in [0.25, 0.3) is 0 Å². The van der Waals surface area contributed by atoms with Crippen molar-refractivity contribution in [2.24, 2.45) is 5.73 Å². The van der Waals surface area contributed by atoms with Crippen molar-refractivity contribution in [2.45, 2.75) is 37.8 Å². The summed E-state index contributed by atoms with van der Waals surface area (Å²) in [4.78, 5) is 61.7. The second-order valence-electron chi connectivity index (χ2n) is 7.13. The number of likely N-dealkylation sites (N-methyl/N-ethyl adjacent to an activating group) is 1. The van der Waals surface area contributed by atoms with Crippen LogP contribution in [0.15, 0.2) is 24.3 Å². The van der Waals surface area contributed by atoms with Crippen LogP contribution in [0.3, 0.4) is 0 Å². The number of aliphatic carboxylic acids is 1. The highest BCUT2D eigenvalue weighted by atomic mass is 16.5. The average Bonchev–Trinajstić information content (AvgIpc) is 2.72. The van der Waals surface area contributed by atoms with Gasteiger partial charge in [-0.2, -0.15) is 0 Å².